The van der Waals surface area contributed by atoms with Crippen molar-refractivity contribution in [2.24, 2.45) is 12.5 Å². The molecule has 0 radical (unpaired) electrons. The first-order chi connectivity index (χ1) is 14.0. The quantitative estimate of drug-likeness (QED) is 0.638. The molecule has 150 valence electrons. The Kier molecular flexibility index (Phi) is 4.15. The van der Waals surface area contributed by atoms with E-state index in [0.717, 1.165) is 55.5 Å². The number of fused-ring (bicyclic) bond motifs is 1. The summed E-state index contributed by atoms with van der Waals surface area (Å²) < 4.78 is 9.95. The van der Waals surface area contributed by atoms with Crippen molar-refractivity contribution in [2.45, 2.75) is 31.8 Å². The van der Waals surface area contributed by atoms with Gasteiger partial charge >= 0.3 is 0 Å². The monoisotopic (exact) mass is 392 g/mol. The first kappa shape index (κ1) is 17.9. The first-order valence-electron chi connectivity index (χ1n) is 9.97. The number of carbonyl (C=O) groups excluding carboxylic acids is 1. The van der Waals surface area contributed by atoms with Crippen LogP contribution in [0.25, 0.3) is 16.8 Å². The number of hydrogen-bond donors (Lipinski definition) is 0. The van der Waals surface area contributed by atoms with Gasteiger partial charge in [-0.15, -0.1) is 0 Å². The van der Waals surface area contributed by atoms with Gasteiger partial charge in [0.15, 0.2) is 0 Å². The third kappa shape index (κ3) is 3.18. The summed E-state index contributed by atoms with van der Waals surface area (Å²) in [6, 6.07) is 1.92. The summed E-state index contributed by atoms with van der Waals surface area (Å²) in [4.78, 5) is 18.7. The van der Waals surface area contributed by atoms with E-state index in [0.29, 0.717) is 5.88 Å². The van der Waals surface area contributed by atoms with Gasteiger partial charge in [-0.3, -0.25) is 9.48 Å². The van der Waals surface area contributed by atoms with Gasteiger partial charge in [-0.25, -0.2) is 9.50 Å². The lowest BCUT2D eigenvalue weighted by Crippen LogP contribution is -2.30. The Balaban J connectivity index is 1.38. The van der Waals surface area contributed by atoms with Gasteiger partial charge in [0.1, 0.15) is 11.6 Å². The third-order valence-corrected chi connectivity index (χ3v) is 6.22. The van der Waals surface area contributed by atoms with Gasteiger partial charge in [0.25, 0.3) is 0 Å². The molecule has 8 heteroatoms. The van der Waals surface area contributed by atoms with E-state index >= 15 is 0 Å². The molecular formula is C21H24N6O2. The van der Waals surface area contributed by atoms with Crippen LogP contribution >= 0.6 is 0 Å². The van der Waals surface area contributed by atoms with E-state index in [1.807, 2.05) is 30.4 Å². The Labute approximate surface area is 168 Å². The number of aryl methyl sites for hydroxylation is 1. The summed E-state index contributed by atoms with van der Waals surface area (Å²) in [5.74, 6) is 0.626. The van der Waals surface area contributed by atoms with E-state index in [2.05, 4.69) is 16.8 Å². The molecule has 1 spiro atoms. The summed E-state index contributed by atoms with van der Waals surface area (Å²) >= 11 is 0. The zero-order chi connectivity index (χ0) is 20.0. The van der Waals surface area contributed by atoms with Crippen LogP contribution in [0.1, 0.15) is 25.7 Å². The normalized spacial score (nSPS) is 23.9. The zero-order valence-electron chi connectivity index (χ0n) is 16.5. The molecule has 4 heterocycles. The van der Waals surface area contributed by atoms with Gasteiger partial charge in [-0.2, -0.15) is 10.2 Å². The molecular weight excluding hydrogens is 368 g/mol. The summed E-state index contributed by atoms with van der Waals surface area (Å²) in [6.45, 7) is 5.21. The average Bonchev–Trinajstić information content (AvgIpc) is 3.50. The van der Waals surface area contributed by atoms with Gasteiger partial charge < -0.3 is 9.64 Å². The minimum absolute atomic E-state index is 0.0260. The van der Waals surface area contributed by atoms with E-state index in [1.54, 1.807) is 21.6 Å². The van der Waals surface area contributed by atoms with Crippen molar-refractivity contribution in [3.8, 4) is 17.1 Å². The van der Waals surface area contributed by atoms with E-state index in [-0.39, 0.29) is 17.4 Å². The second-order valence-electron chi connectivity index (χ2n) is 8.19. The lowest BCUT2D eigenvalue weighted by Gasteiger charge is -2.23. The molecule has 0 bridgehead atoms. The van der Waals surface area contributed by atoms with Gasteiger partial charge in [0.05, 0.1) is 24.3 Å². The molecule has 1 aliphatic heterocycles. The summed E-state index contributed by atoms with van der Waals surface area (Å²) in [5.41, 5.74) is 2.71. The maximum absolute atomic E-state index is 12.0. The highest BCUT2D eigenvalue weighted by Gasteiger charge is 2.46. The number of likely N-dealkylation sites (tertiary alicyclic amines) is 1. The van der Waals surface area contributed by atoms with Crippen LogP contribution in [0.2, 0.25) is 0 Å². The molecule has 1 amide bonds. The Hall–Kier alpha value is -3.16. The Morgan fingerprint density at radius 3 is 3.03 bits per heavy atom. The summed E-state index contributed by atoms with van der Waals surface area (Å²) in [5, 5.41) is 8.61. The number of hydrogen-bond acceptors (Lipinski definition) is 5. The van der Waals surface area contributed by atoms with Crippen LogP contribution in [0, 0.1) is 5.41 Å². The Bertz CT molecular complexity index is 1090. The highest BCUT2D eigenvalue weighted by Crippen LogP contribution is 2.46. The van der Waals surface area contributed by atoms with E-state index in [1.165, 1.54) is 6.08 Å². The van der Waals surface area contributed by atoms with Crippen molar-refractivity contribution in [1.82, 2.24) is 29.3 Å². The van der Waals surface area contributed by atoms with Crippen LogP contribution in [0.3, 0.4) is 0 Å². The molecule has 2 fully saturated rings. The number of ether oxygens (including phenoxy) is 1. The van der Waals surface area contributed by atoms with Crippen molar-refractivity contribution >= 4 is 11.4 Å². The lowest BCUT2D eigenvalue weighted by molar-refractivity contribution is -0.125. The fourth-order valence-electron chi connectivity index (χ4n) is 4.71. The van der Waals surface area contributed by atoms with Gasteiger partial charge in [-0.1, -0.05) is 6.58 Å². The van der Waals surface area contributed by atoms with E-state index in [9.17, 15) is 4.79 Å². The zero-order valence-corrected chi connectivity index (χ0v) is 16.5. The van der Waals surface area contributed by atoms with Crippen molar-refractivity contribution in [3.63, 3.8) is 0 Å². The minimum atomic E-state index is 0.0260. The fraction of sp³-hybridized carbons (Fsp3) is 0.429. The number of carbonyl (C=O) groups is 1. The Morgan fingerprint density at radius 1 is 1.34 bits per heavy atom. The lowest BCUT2D eigenvalue weighted by atomic mass is 9.85. The molecule has 2 aliphatic rings. The molecule has 0 aromatic carbocycles. The highest BCUT2D eigenvalue weighted by molar-refractivity contribution is 5.87. The van der Waals surface area contributed by atoms with E-state index < -0.39 is 0 Å². The topological polar surface area (TPSA) is 77.6 Å². The predicted octanol–water partition coefficient (Wildman–Crippen LogP) is 2.47. The van der Waals surface area contributed by atoms with Crippen LogP contribution in [0.15, 0.2) is 43.5 Å². The van der Waals surface area contributed by atoms with Gasteiger partial charge in [0, 0.05) is 31.9 Å². The van der Waals surface area contributed by atoms with Crippen LogP contribution < -0.4 is 4.74 Å². The van der Waals surface area contributed by atoms with Crippen LogP contribution in [-0.2, 0) is 11.8 Å². The van der Waals surface area contributed by atoms with Crippen molar-refractivity contribution < 1.29 is 9.53 Å². The molecule has 2 atom stereocenters. The second-order valence-corrected chi connectivity index (χ2v) is 8.19. The smallest absolute Gasteiger partial charge is 0.245 e. The highest BCUT2D eigenvalue weighted by atomic mass is 16.5. The van der Waals surface area contributed by atoms with Crippen molar-refractivity contribution in [1.29, 1.82) is 0 Å². The van der Waals surface area contributed by atoms with Crippen LogP contribution in [0.4, 0.5) is 0 Å². The number of aromatic nitrogens is 5. The number of rotatable bonds is 4. The van der Waals surface area contributed by atoms with Crippen molar-refractivity contribution in [3.05, 3.63) is 43.5 Å². The summed E-state index contributed by atoms with van der Waals surface area (Å²) in [6.07, 6.45) is 12.9. The van der Waals surface area contributed by atoms with Crippen molar-refractivity contribution in [2.75, 3.05) is 13.1 Å². The molecule has 5 rings (SSSR count). The molecule has 3 aromatic rings. The maximum atomic E-state index is 12.0. The third-order valence-electron chi connectivity index (χ3n) is 6.22. The molecule has 1 saturated heterocycles. The molecule has 8 nitrogen and oxygen atoms in total. The summed E-state index contributed by atoms with van der Waals surface area (Å²) in [7, 11) is 1.88. The van der Waals surface area contributed by atoms with Gasteiger partial charge in [0.2, 0.25) is 11.8 Å². The SMILES string of the molecule is C=CC(=O)N1CC[C@@]2(CC[C@H](Oc3nc(-c4cnn(C)c4)cn4nccc34)C2)C1. The van der Waals surface area contributed by atoms with E-state index in [4.69, 9.17) is 9.72 Å². The first-order valence-corrected chi connectivity index (χ1v) is 9.97. The number of amides is 1. The van der Waals surface area contributed by atoms with Crippen LogP contribution in [-0.4, -0.2) is 54.4 Å². The standard InChI is InChI=1S/C21H24N6O2/c1-3-19(28)26-9-7-21(14-26)6-4-16(10-21)29-20-18-5-8-22-27(18)13-17(24-20)15-11-23-25(2)12-15/h3,5,8,11-13,16H,1,4,6-7,9-10,14H2,2H3/t16-,21+/m0/s1. The fourth-order valence-corrected chi connectivity index (χ4v) is 4.71. The molecule has 3 aromatic heterocycles. The predicted molar refractivity (Wildman–Crippen MR) is 107 cm³/mol. The molecule has 0 N–H and O–H groups in total. The number of nitrogens with zero attached hydrogens (tertiary/aromatic N) is 6. The molecule has 29 heavy (non-hydrogen) atoms. The van der Waals surface area contributed by atoms with Gasteiger partial charge in [-0.05, 0) is 43.2 Å². The minimum Gasteiger partial charge on any atom is -0.473 e. The average molecular weight is 392 g/mol. The molecule has 0 unspecified atom stereocenters. The van der Waals surface area contributed by atoms with Crippen LogP contribution in [0.5, 0.6) is 5.88 Å². The largest absolute Gasteiger partial charge is 0.473 e. The molecule has 1 saturated carbocycles. The maximum Gasteiger partial charge on any atom is 0.245 e. The Morgan fingerprint density at radius 2 is 2.24 bits per heavy atom. The molecule has 1 aliphatic carbocycles. The second kappa shape index (κ2) is 6.72.